The molecule has 0 aliphatic heterocycles. The number of hydrogen-bond acceptors (Lipinski definition) is 4. The molecular weight excluding hydrogens is 396 g/mol. The summed E-state index contributed by atoms with van der Waals surface area (Å²) in [4.78, 5) is 36.9. The van der Waals surface area contributed by atoms with Crippen molar-refractivity contribution < 1.29 is 27.9 Å². The molecule has 30 heavy (non-hydrogen) atoms. The molecule has 0 radical (unpaired) electrons. The summed E-state index contributed by atoms with van der Waals surface area (Å²) in [5.41, 5.74) is 4.68. The highest BCUT2D eigenvalue weighted by molar-refractivity contribution is 5.97. The van der Waals surface area contributed by atoms with Crippen LogP contribution in [-0.2, 0) is 9.59 Å². The highest BCUT2D eigenvalue weighted by Crippen LogP contribution is 2.13. The molecule has 0 saturated heterocycles. The van der Waals surface area contributed by atoms with Gasteiger partial charge in [0.05, 0.1) is 0 Å². The van der Waals surface area contributed by atoms with Crippen LogP contribution in [0.15, 0.2) is 48.5 Å². The third kappa shape index (κ3) is 6.54. The fraction of sp³-hybridized carbons (Fsp3) is 0.286. The van der Waals surface area contributed by atoms with Gasteiger partial charge in [-0.05, 0) is 61.4 Å². The first kappa shape index (κ1) is 22.8. The molecule has 2 aromatic rings. The average molecular weight is 419 g/mol. The number of hydrogen-bond donors (Lipinski definition) is 3. The fourth-order valence-electron chi connectivity index (χ4n) is 2.43. The van der Waals surface area contributed by atoms with Gasteiger partial charge in [-0.25, -0.2) is 8.78 Å². The third-order valence-corrected chi connectivity index (χ3v) is 4.15. The SMILES string of the molecule is CC(C)[C@H](NC(=O)c1ccc(F)cc1)C(=O)NNC(=O)[C@H](C)Oc1ccc(F)cc1. The van der Waals surface area contributed by atoms with E-state index < -0.39 is 41.5 Å². The van der Waals surface area contributed by atoms with Crippen molar-refractivity contribution in [3.8, 4) is 5.75 Å². The summed E-state index contributed by atoms with van der Waals surface area (Å²) in [5, 5.41) is 2.56. The zero-order valence-corrected chi connectivity index (χ0v) is 16.7. The summed E-state index contributed by atoms with van der Waals surface area (Å²) in [6.07, 6.45) is -0.970. The minimum atomic E-state index is -0.970. The normalized spacial score (nSPS) is 12.6. The van der Waals surface area contributed by atoms with Gasteiger partial charge in [-0.1, -0.05) is 13.8 Å². The number of benzene rings is 2. The molecule has 9 heteroatoms. The number of nitrogens with one attached hydrogen (secondary N) is 3. The van der Waals surface area contributed by atoms with Crippen LogP contribution in [0.4, 0.5) is 8.78 Å². The molecule has 2 atom stereocenters. The second-order valence-corrected chi connectivity index (χ2v) is 6.89. The van der Waals surface area contributed by atoms with Crippen LogP contribution in [-0.4, -0.2) is 29.9 Å². The van der Waals surface area contributed by atoms with Crippen LogP contribution in [0.2, 0.25) is 0 Å². The van der Waals surface area contributed by atoms with Crippen LogP contribution in [0.1, 0.15) is 31.1 Å². The number of ether oxygens (including phenoxy) is 1. The topological polar surface area (TPSA) is 96.5 Å². The Hall–Kier alpha value is -3.49. The maximum atomic E-state index is 13.0. The van der Waals surface area contributed by atoms with Gasteiger partial charge >= 0.3 is 0 Å². The lowest BCUT2D eigenvalue weighted by molar-refractivity contribution is -0.133. The molecule has 0 aliphatic rings. The van der Waals surface area contributed by atoms with Crippen LogP contribution in [0.5, 0.6) is 5.75 Å². The van der Waals surface area contributed by atoms with E-state index in [4.69, 9.17) is 4.74 Å². The molecule has 0 aromatic heterocycles. The van der Waals surface area contributed by atoms with Crippen LogP contribution in [0.3, 0.4) is 0 Å². The van der Waals surface area contributed by atoms with Crippen LogP contribution in [0.25, 0.3) is 0 Å². The lowest BCUT2D eigenvalue weighted by Gasteiger charge is -2.22. The Bertz CT molecular complexity index is 886. The summed E-state index contributed by atoms with van der Waals surface area (Å²) in [6, 6.07) is 9.07. The summed E-state index contributed by atoms with van der Waals surface area (Å²) in [7, 11) is 0. The van der Waals surface area contributed by atoms with E-state index >= 15 is 0 Å². The number of carbonyl (C=O) groups excluding carboxylic acids is 3. The van der Waals surface area contributed by atoms with E-state index in [2.05, 4.69) is 16.2 Å². The highest BCUT2D eigenvalue weighted by Gasteiger charge is 2.26. The Morgan fingerprint density at radius 2 is 1.30 bits per heavy atom. The molecule has 3 amide bonds. The van der Waals surface area contributed by atoms with E-state index in [1.54, 1.807) is 13.8 Å². The molecule has 2 rings (SSSR count). The van der Waals surface area contributed by atoms with Crippen molar-refractivity contribution in [1.82, 2.24) is 16.2 Å². The quantitative estimate of drug-likeness (QED) is 0.600. The maximum Gasteiger partial charge on any atom is 0.279 e. The number of hydrazine groups is 1. The molecular formula is C21H23F2N3O4. The zero-order chi connectivity index (χ0) is 22.3. The van der Waals surface area contributed by atoms with Crippen LogP contribution >= 0.6 is 0 Å². The van der Waals surface area contributed by atoms with Gasteiger partial charge in [-0.15, -0.1) is 0 Å². The van der Waals surface area contributed by atoms with Gasteiger partial charge in [0.2, 0.25) is 0 Å². The second kappa shape index (κ2) is 10.3. The highest BCUT2D eigenvalue weighted by atomic mass is 19.1. The van der Waals surface area contributed by atoms with Gasteiger partial charge in [0.25, 0.3) is 17.7 Å². The molecule has 0 spiro atoms. The Kier molecular flexibility index (Phi) is 7.85. The van der Waals surface area contributed by atoms with E-state index in [1.165, 1.54) is 43.3 Å². The van der Waals surface area contributed by atoms with Gasteiger partial charge in [0, 0.05) is 5.56 Å². The lowest BCUT2D eigenvalue weighted by Crippen LogP contribution is -2.55. The van der Waals surface area contributed by atoms with Crippen molar-refractivity contribution >= 4 is 17.7 Å². The summed E-state index contributed by atoms with van der Waals surface area (Å²) < 4.78 is 31.3. The Labute approximate surface area is 172 Å². The van der Waals surface area contributed by atoms with Crippen molar-refractivity contribution in [3.63, 3.8) is 0 Å². The molecule has 3 N–H and O–H groups in total. The predicted molar refractivity (Wildman–Crippen MR) is 105 cm³/mol. The molecule has 7 nitrogen and oxygen atoms in total. The van der Waals surface area contributed by atoms with E-state index in [0.717, 1.165) is 12.1 Å². The standard InChI is InChI=1S/C21H23F2N3O4/c1-12(2)18(24-20(28)14-4-6-15(22)7-5-14)21(29)26-25-19(27)13(3)30-17-10-8-16(23)9-11-17/h4-13,18H,1-3H3,(H,24,28)(H,25,27)(H,26,29)/t13-,18-/m0/s1. The summed E-state index contributed by atoms with van der Waals surface area (Å²) >= 11 is 0. The molecule has 2 aromatic carbocycles. The summed E-state index contributed by atoms with van der Waals surface area (Å²) in [5.74, 6) is -2.75. The smallest absolute Gasteiger partial charge is 0.279 e. The fourth-order valence-corrected chi connectivity index (χ4v) is 2.43. The van der Waals surface area contributed by atoms with E-state index in [9.17, 15) is 23.2 Å². The Balaban J connectivity index is 1.90. The molecule has 0 aliphatic carbocycles. The number of carbonyl (C=O) groups is 3. The third-order valence-electron chi connectivity index (χ3n) is 4.15. The Morgan fingerprint density at radius 1 is 0.800 bits per heavy atom. The minimum absolute atomic E-state index is 0.195. The van der Waals surface area contributed by atoms with E-state index in [1.807, 2.05) is 0 Å². The number of halogens is 2. The number of rotatable bonds is 7. The largest absolute Gasteiger partial charge is 0.481 e. The Morgan fingerprint density at radius 3 is 1.83 bits per heavy atom. The molecule has 0 fully saturated rings. The molecule has 160 valence electrons. The first-order valence-corrected chi connectivity index (χ1v) is 9.25. The maximum absolute atomic E-state index is 13.0. The van der Waals surface area contributed by atoms with Crippen molar-refractivity contribution in [3.05, 3.63) is 65.7 Å². The molecule has 0 saturated carbocycles. The van der Waals surface area contributed by atoms with Crippen LogP contribution < -0.4 is 20.9 Å². The average Bonchev–Trinajstić information content (AvgIpc) is 2.71. The van der Waals surface area contributed by atoms with Crippen molar-refractivity contribution in [2.75, 3.05) is 0 Å². The predicted octanol–water partition coefficient (Wildman–Crippen LogP) is 2.33. The molecule has 0 bridgehead atoms. The molecule has 0 heterocycles. The van der Waals surface area contributed by atoms with Crippen LogP contribution in [0, 0.1) is 17.6 Å². The summed E-state index contributed by atoms with van der Waals surface area (Å²) in [6.45, 7) is 4.90. The van der Waals surface area contributed by atoms with E-state index in [0.29, 0.717) is 0 Å². The van der Waals surface area contributed by atoms with Gasteiger partial charge in [-0.2, -0.15) is 0 Å². The minimum Gasteiger partial charge on any atom is -0.481 e. The molecule has 0 unspecified atom stereocenters. The first-order chi connectivity index (χ1) is 14.2. The van der Waals surface area contributed by atoms with Crippen molar-refractivity contribution in [1.29, 1.82) is 0 Å². The van der Waals surface area contributed by atoms with Gasteiger partial charge in [0.15, 0.2) is 6.10 Å². The van der Waals surface area contributed by atoms with E-state index in [-0.39, 0.29) is 17.2 Å². The second-order valence-electron chi connectivity index (χ2n) is 6.89. The monoisotopic (exact) mass is 419 g/mol. The van der Waals surface area contributed by atoms with Gasteiger partial charge in [-0.3, -0.25) is 25.2 Å². The first-order valence-electron chi connectivity index (χ1n) is 9.25. The van der Waals surface area contributed by atoms with Crippen molar-refractivity contribution in [2.45, 2.75) is 32.9 Å². The van der Waals surface area contributed by atoms with Gasteiger partial charge in [0.1, 0.15) is 23.4 Å². The lowest BCUT2D eigenvalue weighted by atomic mass is 10.0. The number of amides is 3. The zero-order valence-electron chi connectivity index (χ0n) is 16.7. The van der Waals surface area contributed by atoms with Crippen molar-refractivity contribution in [2.24, 2.45) is 5.92 Å². The van der Waals surface area contributed by atoms with Gasteiger partial charge < -0.3 is 10.1 Å².